The van der Waals surface area contributed by atoms with Crippen molar-refractivity contribution in [3.05, 3.63) is 44.5 Å². The van der Waals surface area contributed by atoms with Gasteiger partial charge in [-0.2, -0.15) is 0 Å². The van der Waals surface area contributed by atoms with Crippen LogP contribution in [0.2, 0.25) is 0 Å². The standard InChI is InChI=1S/C12H13BrFN3OS/c1-2-5-17-11(18)15-16-12(17)19-7-8-3-4-9(14)6-10(8)13/h3-4,6H,2,5,7H2,1H3,(H,15,18). The molecule has 0 saturated carbocycles. The van der Waals surface area contributed by atoms with Gasteiger partial charge in [-0.3, -0.25) is 4.57 Å². The van der Waals surface area contributed by atoms with Crippen LogP contribution in [0.5, 0.6) is 0 Å². The molecule has 102 valence electrons. The molecule has 0 unspecified atom stereocenters. The summed E-state index contributed by atoms with van der Waals surface area (Å²) < 4.78 is 15.3. The molecule has 0 spiro atoms. The van der Waals surface area contributed by atoms with Gasteiger partial charge in [-0.25, -0.2) is 14.3 Å². The van der Waals surface area contributed by atoms with Gasteiger partial charge in [-0.15, -0.1) is 5.10 Å². The fraction of sp³-hybridized carbons (Fsp3) is 0.333. The van der Waals surface area contributed by atoms with Crippen molar-refractivity contribution in [2.75, 3.05) is 0 Å². The summed E-state index contributed by atoms with van der Waals surface area (Å²) in [4.78, 5) is 11.5. The monoisotopic (exact) mass is 345 g/mol. The minimum absolute atomic E-state index is 0.192. The van der Waals surface area contributed by atoms with Crippen molar-refractivity contribution < 1.29 is 4.39 Å². The third-order valence-corrected chi connectivity index (χ3v) is 4.31. The fourth-order valence-corrected chi connectivity index (χ4v) is 3.27. The predicted molar refractivity (Wildman–Crippen MR) is 76.8 cm³/mol. The average molecular weight is 346 g/mol. The van der Waals surface area contributed by atoms with Crippen LogP contribution in [-0.4, -0.2) is 14.8 Å². The Balaban J connectivity index is 2.12. The molecule has 19 heavy (non-hydrogen) atoms. The summed E-state index contributed by atoms with van der Waals surface area (Å²) >= 11 is 4.77. The van der Waals surface area contributed by atoms with E-state index in [0.717, 1.165) is 16.5 Å². The number of nitrogens with zero attached hydrogens (tertiary/aromatic N) is 2. The van der Waals surface area contributed by atoms with Crippen LogP contribution in [0.3, 0.4) is 0 Å². The van der Waals surface area contributed by atoms with Gasteiger partial charge in [-0.05, 0) is 24.1 Å². The van der Waals surface area contributed by atoms with Gasteiger partial charge in [0.2, 0.25) is 0 Å². The van der Waals surface area contributed by atoms with Gasteiger partial charge >= 0.3 is 5.69 Å². The van der Waals surface area contributed by atoms with Gasteiger partial charge in [0.05, 0.1) is 0 Å². The normalized spacial score (nSPS) is 10.9. The minimum atomic E-state index is -0.275. The molecule has 1 heterocycles. The first-order valence-corrected chi connectivity index (χ1v) is 7.61. The highest BCUT2D eigenvalue weighted by atomic mass is 79.9. The summed E-state index contributed by atoms with van der Waals surface area (Å²) in [6, 6.07) is 4.57. The number of hydrogen-bond donors (Lipinski definition) is 1. The zero-order valence-electron chi connectivity index (χ0n) is 10.3. The molecule has 0 saturated heterocycles. The van der Waals surface area contributed by atoms with Gasteiger partial charge in [0.1, 0.15) is 5.82 Å². The van der Waals surface area contributed by atoms with E-state index in [1.165, 1.54) is 23.9 Å². The molecule has 0 atom stereocenters. The Morgan fingerprint density at radius 2 is 2.32 bits per heavy atom. The molecule has 7 heteroatoms. The molecule has 0 fully saturated rings. The van der Waals surface area contributed by atoms with Gasteiger partial charge in [0.25, 0.3) is 0 Å². The van der Waals surface area contributed by atoms with E-state index in [2.05, 4.69) is 26.1 Å². The van der Waals surface area contributed by atoms with E-state index in [9.17, 15) is 9.18 Å². The van der Waals surface area contributed by atoms with Crippen LogP contribution in [-0.2, 0) is 12.3 Å². The first kappa shape index (κ1) is 14.3. The Hall–Kier alpha value is -1.08. The Morgan fingerprint density at radius 3 is 3.00 bits per heavy atom. The first-order valence-electron chi connectivity index (χ1n) is 5.83. The molecule has 0 aliphatic heterocycles. The quantitative estimate of drug-likeness (QED) is 0.846. The highest BCUT2D eigenvalue weighted by Crippen LogP contribution is 2.25. The highest BCUT2D eigenvalue weighted by Gasteiger charge is 2.09. The number of rotatable bonds is 5. The lowest BCUT2D eigenvalue weighted by molar-refractivity contribution is 0.603. The van der Waals surface area contributed by atoms with E-state index in [-0.39, 0.29) is 11.5 Å². The van der Waals surface area contributed by atoms with Crippen molar-refractivity contribution in [3.63, 3.8) is 0 Å². The minimum Gasteiger partial charge on any atom is -0.270 e. The van der Waals surface area contributed by atoms with Crippen LogP contribution in [0.25, 0.3) is 0 Å². The maximum Gasteiger partial charge on any atom is 0.343 e. The lowest BCUT2D eigenvalue weighted by Crippen LogP contribution is -2.17. The second-order valence-electron chi connectivity index (χ2n) is 3.99. The molecule has 2 rings (SSSR count). The Labute approximate surface area is 122 Å². The van der Waals surface area contributed by atoms with Crippen molar-refractivity contribution >= 4 is 27.7 Å². The maximum absolute atomic E-state index is 13.0. The van der Waals surface area contributed by atoms with Crippen molar-refractivity contribution in [2.45, 2.75) is 30.8 Å². The van der Waals surface area contributed by atoms with Crippen molar-refractivity contribution in [1.82, 2.24) is 14.8 Å². The number of halogens is 2. The number of aromatic nitrogens is 3. The van der Waals surface area contributed by atoms with E-state index >= 15 is 0 Å². The lowest BCUT2D eigenvalue weighted by Gasteiger charge is -2.05. The molecule has 1 aromatic heterocycles. The number of hydrogen-bond acceptors (Lipinski definition) is 3. The third kappa shape index (κ3) is 3.48. The number of nitrogens with one attached hydrogen (secondary N) is 1. The van der Waals surface area contributed by atoms with E-state index in [0.29, 0.717) is 17.5 Å². The summed E-state index contributed by atoms with van der Waals surface area (Å²) in [5.41, 5.74) is 0.771. The second kappa shape index (κ2) is 6.38. The van der Waals surface area contributed by atoms with E-state index in [1.54, 1.807) is 10.6 Å². The number of thioether (sulfide) groups is 1. The summed E-state index contributed by atoms with van der Waals surface area (Å²) in [6.07, 6.45) is 0.868. The van der Waals surface area contributed by atoms with Crippen LogP contribution in [0.1, 0.15) is 18.9 Å². The second-order valence-corrected chi connectivity index (χ2v) is 5.78. The van der Waals surface area contributed by atoms with Crippen LogP contribution in [0.15, 0.2) is 32.6 Å². The molecule has 0 bridgehead atoms. The van der Waals surface area contributed by atoms with Crippen molar-refractivity contribution in [3.8, 4) is 0 Å². The maximum atomic E-state index is 13.0. The van der Waals surface area contributed by atoms with Crippen molar-refractivity contribution in [2.24, 2.45) is 0 Å². The third-order valence-electron chi connectivity index (χ3n) is 2.54. The topological polar surface area (TPSA) is 50.7 Å². The molecule has 1 N–H and O–H groups in total. The summed E-state index contributed by atoms with van der Waals surface area (Å²) in [6.45, 7) is 2.65. The Kier molecular flexibility index (Phi) is 4.81. The fourth-order valence-electron chi connectivity index (χ4n) is 1.62. The molecule has 1 aromatic carbocycles. The average Bonchev–Trinajstić information content (AvgIpc) is 2.71. The van der Waals surface area contributed by atoms with Crippen LogP contribution < -0.4 is 5.69 Å². The van der Waals surface area contributed by atoms with Crippen molar-refractivity contribution in [1.29, 1.82) is 0 Å². The highest BCUT2D eigenvalue weighted by molar-refractivity contribution is 9.10. The summed E-state index contributed by atoms with van der Waals surface area (Å²) in [7, 11) is 0. The van der Waals surface area contributed by atoms with E-state index < -0.39 is 0 Å². The van der Waals surface area contributed by atoms with Crippen LogP contribution >= 0.6 is 27.7 Å². The molecule has 0 amide bonds. The van der Waals surface area contributed by atoms with Gasteiger partial charge in [-0.1, -0.05) is 40.7 Å². The molecular formula is C12H13BrFN3OS. The van der Waals surface area contributed by atoms with Crippen LogP contribution in [0.4, 0.5) is 4.39 Å². The molecule has 0 aliphatic rings. The van der Waals surface area contributed by atoms with Gasteiger partial charge < -0.3 is 0 Å². The zero-order chi connectivity index (χ0) is 13.8. The smallest absolute Gasteiger partial charge is 0.270 e. The SMILES string of the molecule is CCCn1c(SCc2ccc(F)cc2Br)n[nH]c1=O. The summed E-state index contributed by atoms with van der Waals surface area (Å²) in [5, 5.41) is 7.10. The predicted octanol–water partition coefficient (Wildman–Crippen LogP) is 3.18. The summed E-state index contributed by atoms with van der Waals surface area (Å²) in [5.74, 6) is 0.345. The van der Waals surface area contributed by atoms with E-state index in [4.69, 9.17) is 0 Å². The molecule has 2 aromatic rings. The zero-order valence-corrected chi connectivity index (χ0v) is 12.7. The van der Waals surface area contributed by atoms with Crippen LogP contribution in [0, 0.1) is 5.82 Å². The Morgan fingerprint density at radius 1 is 1.53 bits per heavy atom. The Bertz CT molecular complexity index is 626. The largest absolute Gasteiger partial charge is 0.343 e. The molecule has 4 nitrogen and oxygen atoms in total. The first-order chi connectivity index (χ1) is 9.11. The number of H-pyrrole nitrogens is 1. The molecule has 0 radical (unpaired) electrons. The lowest BCUT2D eigenvalue weighted by atomic mass is 10.2. The van der Waals surface area contributed by atoms with Gasteiger partial charge in [0.15, 0.2) is 5.16 Å². The molecule has 0 aliphatic carbocycles. The molecular weight excluding hydrogens is 333 g/mol. The van der Waals surface area contributed by atoms with Gasteiger partial charge in [0, 0.05) is 16.8 Å². The number of aromatic amines is 1. The van der Waals surface area contributed by atoms with E-state index in [1.807, 2.05) is 6.92 Å². The number of benzene rings is 1.